The first-order valence-corrected chi connectivity index (χ1v) is 14.0. The fraction of sp³-hybridized carbons (Fsp3) is 0. The Kier molecular flexibility index (Phi) is 25.2. The first kappa shape index (κ1) is 41.9. The van der Waals surface area contributed by atoms with Gasteiger partial charge < -0.3 is 26.8 Å². The van der Waals surface area contributed by atoms with Gasteiger partial charge in [-0.2, -0.15) is 0 Å². The fourth-order valence-electron chi connectivity index (χ4n) is 2.11. The number of pyridine rings is 4. The van der Waals surface area contributed by atoms with E-state index in [2.05, 4.69) is 89.6 Å². The van der Waals surface area contributed by atoms with Crippen LogP contribution in [-0.4, -0.2) is 40.4 Å². The summed E-state index contributed by atoms with van der Waals surface area (Å²) in [4.78, 5) is 14.6. The maximum Gasteiger partial charge on any atom is 1.00 e. The fourth-order valence-corrected chi connectivity index (χ4v) is 3.45. The van der Waals surface area contributed by atoms with Gasteiger partial charge in [0.1, 0.15) is 18.4 Å². The SMILES string of the molecule is Oc1cccc(Br)n1.Oc1cccc(Br)n1.Oc1cccc(Br)n1.Oc1cccc(Br)n1.[C-]#Cc1ccccc1.[Ru+].[Ru]. The molecule has 5 rings (SSSR count). The van der Waals surface area contributed by atoms with Gasteiger partial charge >= 0.3 is 19.5 Å². The molecule has 42 heavy (non-hydrogen) atoms. The molecule has 0 amide bonds. The van der Waals surface area contributed by atoms with Gasteiger partial charge in [-0.25, -0.2) is 19.9 Å². The van der Waals surface area contributed by atoms with Gasteiger partial charge in [0.2, 0.25) is 23.5 Å². The normalized spacial score (nSPS) is 8.45. The Labute approximate surface area is 303 Å². The quantitative estimate of drug-likeness (QED) is 0.0535. The molecule has 1 aromatic carbocycles. The number of nitrogens with zero attached hydrogens (tertiary/aromatic N) is 4. The van der Waals surface area contributed by atoms with Crippen molar-refractivity contribution in [3.05, 3.63) is 134 Å². The minimum atomic E-state index is 0. The standard InChI is InChI=1S/C8H5.4C5H4BrNO.2Ru/c1-2-8-6-4-3-5-7-8;4*6-4-2-1-3-5(8)7-4;;/h3-7H;4*1-3H,(H,7,8);;/q-1;;;;;;+1. The van der Waals surface area contributed by atoms with Gasteiger partial charge in [0.25, 0.3) is 0 Å². The van der Waals surface area contributed by atoms with E-state index >= 15 is 0 Å². The first-order valence-electron chi connectivity index (χ1n) is 10.8. The predicted octanol–water partition coefficient (Wildman–Crippen LogP) is 7.82. The molecular weight excluding hydrogens is 978 g/mol. The zero-order valence-electron chi connectivity index (χ0n) is 21.1. The molecule has 8 nitrogen and oxygen atoms in total. The zero-order valence-corrected chi connectivity index (χ0v) is 30.9. The summed E-state index contributed by atoms with van der Waals surface area (Å²) in [5.74, 6) is 2.44. The van der Waals surface area contributed by atoms with Crippen LogP contribution in [-0.2, 0) is 39.0 Å². The van der Waals surface area contributed by atoms with E-state index in [0.717, 1.165) is 5.56 Å². The smallest absolute Gasteiger partial charge is 0.493 e. The van der Waals surface area contributed by atoms with Crippen molar-refractivity contribution in [3.8, 4) is 29.4 Å². The minimum absolute atomic E-state index is 0. The van der Waals surface area contributed by atoms with Gasteiger partial charge in [-0.1, -0.05) is 42.5 Å². The molecule has 0 saturated heterocycles. The molecule has 4 heterocycles. The molecule has 0 spiro atoms. The molecule has 0 saturated carbocycles. The van der Waals surface area contributed by atoms with Crippen molar-refractivity contribution in [2.45, 2.75) is 0 Å². The van der Waals surface area contributed by atoms with Crippen LogP contribution in [0.15, 0.2) is 122 Å². The van der Waals surface area contributed by atoms with Gasteiger partial charge in [0, 0.05) is 43.7 Å². The van der Waals surface area contributed by atoms with E-state index in [4.69, 9.17) is 26.8 Å². The van der Waals surface area contributed by atoms with E-state index in [1.54, 1.807) is 48.5 Å². The molecule has 0 bridgehead atoms. The summed E-state index contributed by atoms with van der Waals surface area (Å²) >= 11 is 12.4. The number of rotatable bonds is 0. The molecule has 221 valence electrons. The summed E-state index contributed by atoms with van der Waals surface area (Å²) in [6, 6.07) is 29.3. The maximum absolute atomic E-state index is 8.67. The third kappa shape index (κ3) is 22.4. The molecule has 0 atom stereocenters. The van der Waals surface area contributed by atoms with Crippen molar-refractivity contribution >= 4 is 63.7 Å². The Balaban J connectivity index is 0. The van der Waals surface area contributed by atoms with Crippen molar-refractivity contribution in [2.24, 2.45) is 0 Å². The van der Waals surface area contributed by atoms with Crippen molar-refractivity contribution in [1.29, 1.82) is 0 Å². The van der Waals surface area contributed by atoms with Crippen LogP contribution in [0, 0.1) is 12.3 Å². The summed E-state index contributed by atoms with van der Waals surface area (Å²) < 4.78 is 2.60. The molecule has 1 radical (unpaired) electrons. The Bertz CT molecular complexity index is 1240. The predicted molar refractivity (Wildman–Crippen MR) is 167 cm³/mol. The van der Waals surface area contributed by atoms with E-state index in [0.29, 0.717) is 18.4 Å². The van der Waals surface area contributed by atoms with E-state index in [9.17, 15) is 0 Å². The molecule has 14 heteroatoms. The third-order valence-corrected chi connectivity index (χ3v) is 5.49. The van der Waals surface area contributed by atoms with Gasteiger partial charge in [-0.05, 0) is 88.0 Å². The van der Waals surface area contributed by atoms with Crippen LogP contribution in [0.4, 0.5) is 0 Å². The van der Waals surface area contributed by atoms with Crippen LogP contribution in [0.5, 0.6) is 23.5 Å². The number of aromatic hydroxyl groups is 4. The molecule has 0 aliphatic heterocycles. The van der Waals surface area contributed by atoms with Crippen LogP contribution in [0.25, 0.3) is 0 Å². The molecule has 0 aliphatic carbocycles. The summed E-state index contributed by atoms with van der Waals surface area (Å²) in [5, 5.41) is 34.7. The van der Waals surface area contributed by atoms with Crippen LogP contribution < -0.4 is 0 Å². The first-order chi connectivity index (χ1) is 19.1. The number of halogens is 4. The molecule has 5 aromatic rings. The molecule has 4 N–H and O–H groups in total. The van der Waals surface area contributed by atoms with Crippen molar-refractivity contribution in [2.75, 3.05) is 0 Å². The molecule has 4 aromatic heterocycles. The van der Waals surface area contributed by atoms with Crippen molar-refractivity contribution < 1.29 is 59.4 Å². The van der Waals surface area contributed by atoms with E-state index in [-0.39, 0.29) is 62.5 Å². The summed E-state index contributed by atoms with van der Waals surface area (Å²) in [6.45, 7) is 0. The van der Waals surface area contributed by atoms with Gasteiger partial charge in [-0.3, -0.25) is 5.92 Å². The van der Waals surface area contributed by atoms with E-state index < -0.39 is 0 Å². The molecule has 0 aliphatic rings. The number of benzene rings is 1. The van der Waals surface area contributed by atoms with Crippen LogP contribution in [0.2, 0.25) is 0 Å². The second-order valence-corrected chi connectivity index (χ2v) is 10.0. The monoisotopic (exact) mass is 997 g/mol. The minimum Gasteiger partial charge on any atom is -0.493 e. The van der Waals surface area contributed by atoms with Crippen molar-refractivity contribution in [3.63, 3.8) is 0 Å². The van der Waals surface area contributed by atoms with Crippen LogP contribution in [0.1, 0.15) is 5.56 Å². The maximum atomic E-state index is 8.67. The van der Waals surface area contributed by atoms with Crippen LogP contribution in [0.3, 0.4) is 0 Å². The third-order valence-electron chi connectivity index (χ3n) is 3.72. The van der Waals surface area contributed by atoms with Gasteiger partial charge in [-0.15, -0.1) is 17.7 Å². The number of hydrogen-bond donors (Lipinski definition) is 4. The van der Waals surface area contributed by atoms with E-state index in [1.165, 1.54) is 24.3 Å². The Morgan fingerprint density at radius 1 is 0.452 bits per heavy atom. The average Bonchev–Trinajstić information content (AvgIpc) is 2.90. The Hall–Kier alpha value is -2.25. The summed E-state index contributed by atoms with van der Waals surface area (Å²) in [6.07, 6.45) is 6.69. The second-order valence-electron chi connectivity index (χ2n) is 6.77. The van der Waals surface area contributed by atoms with E-state index in [1.807, 2.05) is 30.3 Å². The summed E-state index contributed by atoms with van der Waals surface area (Å²) in [7, 11) is 0. The number of hydrogen-bond acceptors (Lipinski definition) is 8. The average molecular weight is 999 g/mol. The van der Waals surface area contributed by atoms with Gasteiger partial charge in [0.15, 0.2) is 0 Å². The largest absolute Gasteiger partial charge is 1.00 e. The van der Waals surface area contributed by atoms with Gasteiger partial charge in [0.05, 0.1) is 0 Å². The molecule has 0 unspecified atom stereocenters. The summed E-state index contributed by atoms with van der Waals surface area (Å²) in [5.41, 5.74) is 0.826. The number of aromatic nitrogens is 4. The van der Waals surface area contributed by atoms with Crippen LogP contribution >= 0.6 is 63.7 Å². The zero-order chi connectivity index (χ0) is 29.8. The topological polar surface area (TPSA) is 132 Å². The Morgan fingerprint density at radius 3 is 0.857 bits per heavy atom. The molecule has 0 fully saturated rings. The van der Waals surface area contributed by atoms with Crippen molar-refractivity contribution in [1.82, 2.24) is 19.9 Å². The molecular formula is C28H21Br4N4O4Ru2. The second kappa shape index (κ2) is 25.3. The Morgan fingerprint density at radius 2 is 0.714 bits per heavy atom.